The predicted molar refractivity (Wildman–Crippen MR) is 58.0 cm³/mol. The quantitative estimate of drug-likeness (QED) is 0.621. The third-order valence-corrected chi connectivity index (χ3v) is 2.51. The molecule has 2 N–H and O–H groups in total. The van der Waals surface area contributed by atoms with Gasteiger partial charge in [-0.1, -0.05) is 0 Å². The number of carbonyl (C=O) groups is 3. The first-order valence-electron chi connectivity index (χ1n) is 5.24. The summed E-state index contributed by atoms with van der Waals surface area (Å²) in [6.45, 7) is -0.0876. The van der Waals surface area contributed by atoms with E-state index in [2.05, 4.69) is 20.5 Å². The molecule has 0 atom stereocenters. The van der Waals surface area contributed by atoms with Crippen molar-refractivity contribution in [1.82, 2.24) is 30.3 Å². The Kier molecular flexibility index (Phi) is 3.22. The number of aromatic amines is 1. The van der Waals surface area contributed by atoms with Crippen molar-refractivity contribution in [2.24, 2.45) is 0 Å². The lowest BCUT2D eigenvalue weighted by Crippen LogP contribution is -2.41. The lowest BCUT2D eigenvalue weighted by molar-refractivity contribution is -0.136. The lowest BCUT2D eigenvalue weighted by atomic mass is 10.4. The molecule has 2 rings (SSSR count). The highest BCUT2D eigenvalue weighted by molar-refractivity contribution is 6.04. The molecule has 0 aliphatic carbocycles. The number of imide groups is 1. The molecule has 1 aliphatic rings. The van der Waals surface area contributed by atoms with Crippen molar-refractivity contribution < 1.29 is 14.4 Å². The maximum atomic E-state index is 11.8. The highest BCUT2D eigenvalue weighted by Crippen LogP contribution is 2.01. The number of hydrogen-bond donors (Lipinski definition) is 2. The van der Waals surface area contributed by atoms with Crippen LogP contribution in [0.1, 0.15) is 5.82 Å². The molecule has 0 saturated carbocycles. The molecule has 9 heteroatoms. The molecule has 1 fully saturated rings. The minimum atomic E-state index is -0.540. The van der Waals surface area contributed by atoms with Crippen LogP contribution in [0.4, 0.5) is 4.79 Å². The molecular weight excluding hydrogens is 240 g/mol. The molecule has 0 radical (unpaired) electrons. The number of amides is 4. The Morgan fingerprint density at radius 1 is 1.56 bits per heavy atom. The zero-order valence-electron chi connectivity index (χ0n) is 9.71. The Hall–Kier alpha value is -2.45. The molecule has 4 amide bonds. The van der Waals surface area contributed by atoms with E-state index in [4.69, 9.17) is 0 Å². The van der Waals surface area contributed by atoms with Gasteiger partial charge in [-0.05, 0) is 0 Å². The van der Waals surface area contributed by atoms with Crippen LogP contribution >= 0.6 is 0 Å². The van der Waals surface area contributed by atoms with Gasteiger partial charge < -0.3 is 10.2 Å². The summed E-state index contributed by atoms with van der Waals surface area (Å²) in [6.07, 6.45) is 1.34. The van der Waals surface area contributed by atoms with Crippen LogP contribution in [-0.2, 0) is 16.1 Å². The van der Waals surface area contributed by atoms with Crippen LogP contribution in [0.5, 0.6) is 0 Å². The number of carbonyl (C=O) groups excluding carboxylic acids is 3. The summed E-state index contributed by atoms with van der Waals surface area (Å²) < 4.78 is 0. The molecule has 0 aromatic carbocycles. The zero-order chi connectivity index (χ0) is 13.1. The first-order valence-corrected chi connectivity index (χ1v) is 5.24. The van der Waals surface area contributed by atoms with E-state index in [-0.39, 0.29) is 25.5 Å². The number of nitrogens with one attached hydrogen (secondary N) is 2. The van der Waals surface area contributed by atoms with Gasteiger partial charge in [-0.15, -0.1) is 0 Å². The van der Waals surface area contributed by atoms with Gasteiger partial charge in [0.1, 0.15) is 18.7 Å². The summed E-state index contributed by atoms with van der Waals surface area (Å²) in [5, 5.41) is 8.63. The topological polar surface area (TPSA) is 111 Å². The van der Waals surface area contributed by atoms with Crippen LogP contribution in [-0.4, -0.2) is 63.0 Å². The minimum absolute atomic E-state index is 0.0576. The molecule has 1 aliphatic heterocycles. The molecule has 1 aromatic rings. The average Bonchev–Trinajstić information content (AvgIpc) is 2.94. The fourth-order valence-electron chi connectivity index (χ4n) is 1.49. The normalized spacial score (nSPS) is 14.8. The Morgan fingerprint density at radius 2 is 2.33 bits per heavy atom. The van der Waals surface area contributed by atoms with Gasteiger partial charge in [0.2, 0.25) is 5.91 Å². The van der Waals surface area contributed by atoms with Gasteiger partial charge in [-0.25, -0.2) is 9.78 Å². The molecule has 0 spiro atoms. The van der Waals surface area contributed by atoms with Gasteiger partial charge in [0.25, 0.3) is 5.91 Å². The summed E-state index contributed by atoms with van der Waals surface area (Å²) >= 11 is 0. The summed E-state index contributed by atoms with van der Waals surface area (Å²) in [5.74, 6) is -0.221. The molecule has 96 valence electrons. The highest BCUT2D eigenvalue weighted by Gasteiger charge is 2.31. The average molecular weight is 252 g/mol. The van der Waals surface area contributed by atoms with E-state index in [9.17, 15) is 14.4 Å². The number of H-pyrrole nitrogens is 1. The third-order valence-electron chi connectivity index (χ3n) is 2.51. The summed E-state index contributed by atoms with van der Waals surface area (Å²) in [6, 6.07) is -0.540. The molecule has 2 heterocycles. The molecule has 18 heavy (non-hydrogen) atoms. The van der Waals surface area contributed by atoms with Crippen molar-refractivity contribution in [1.29, 1.82) is 0 Å². The van der Waals surface area contributed by atoms with E-state index in [0.29, 0.717) is 5.82 Å². The molecule has 0 bridgehead atoms. The number of rotatable bonds is 4. The monoisotopic (exact) mass is 252 g/mol. The second-order valence-electron chi connectivity index (χ2n) is 3.82. The van der Waals surface area contributed by atoms with Crippen molar-refractivity contribution in [3.8, 4) is 0 Å². The Bertz CT molecular complexity index is 455. The molecule has 1 saturated heterocycles. The van der Waals surface area contributed by atoms with Crippen molar-refractivity contribution in [3.05, 3.63) is 12.2 Å². The van der Waals surface area contributed by atoms with Crippen LogP contribution in [0.15, 0.2) is 6.33 Å². The zero-order valence-corrected chi connectivity index (χ0v) is 9.71. The molecule has 0 unspecified atom stereocenters. The van der Waals surface area contributed by atoms with Crippen molar-refractivity contribution in [3.63, 3.8) is 0 Å². The highest BCUT2D eigenvalue weighted by atomic mass is 16.2. The van der Waals surface area contributed by atoms with Crippen LogP contribution in [0, 0.1) is 0 Å². The van der Waals surface area contributed by atoms with Gasteiger partial charge in [-0.3, -0.25) is 19.6 Å². The maximum Gasteiger partial charge on any atom is 0.325 e. The van der Waals surface area contributed by atoms with Crippen molar-refractivity contribution in [2.75, 3.05) is 20.1 Å². The number of likely N-dealkylation sites (N-methyl/N-ethyl adjacent to an activating group) is 1. The predicted octanol–water partition coefficient (Wildman–Crippen LogP) is -1.69. The smallest absolute Gasteiger partial charge is 0.325 e. The van der Waals surface area contributed by atoms with E-state index < -0.39 is 11.9 Å². The maximum absolute atomic E-state index is 11.8. The number of hydrogen-bond acceptors (Lipinski definition) is 5. The van der Waals surface area contributed by atoms with Crippen molar-refractivity contribution >= 4 is 17.8 Å². The van der Waals surface area contributed by atoms with Crippen LogP contribution in [0.2, 0.25) is 0 Å². The fourth-order valence-corrected chi connectivity index (χ4v) is 1.49. The third kappa shape index (κ3) is 2.44. The van der Waals surface area contributed by atoms with E-state index in [1.54, 1.807) is 7.05 Å². The minimum Gasteiger partial charge on any atom is -0.337 e. The summed E-state index contributed by atoms with van der Waals surface area (Å²) in [4.78, 5) is 40.5. The molecule has 9 nitrogen and oxygen atoms in total. The second kappa shape index (κ2) is 4.82. The summed E-state index contributed by atoms with van der Waals surface area (Å²) in [5.41, 5.74) is 0. The van der Waals surface area contributed by atoms with Crippen molar-refractivity contribution in [2.45, 2.75) is 6.54 Å². The van der Waals surface area contributed by atoms with Crippen LogP contribution in [0.25, 0.3) is 0 Å². The Labute approximate surface area is 102 Å². The van der Waals surface area contributed by atoms with Gasteiger partial charge in [0, 0.05) is 7.05 Å². The lowest BCUT2D eigenvalue weighted by Gasteiger charge is -2.18. The van der Waals surface area contributed by atoms with Crippen LogP contribution < -0.4 is 5.32 Å². The largest absolute Gasteiger partial charge is 0.337 e. The van der Waals surface area contributed by atoms with Crippen LogP contribution in [0.3, 0.4) is 0 Å². The van der Waals surface area contributed by atoms with E-state index >= 15 is 0 Å². The first kappa shape index (κ1) is 12.0. The van der Waals surface area contributed by atoms with Gasteiger partial charge in [0.05, 0.1) is 13.1 Å². The Morgan fingerprint density at radius 3 is 2.89 bits per heavy atom. The van der Waals surface area contributed by atoms with Gasteiger partial charge in [-0.2, -0.15) is 5.10 Å². The van der Waals surface area contributed by atoms with Gasteiger partial charge >= 0.3 is 6.03 Å². The Balaban J connectivity index is 1.91. The summed E-state index contributed by atoms with van der Waals surface area (Å²) in [7, 11) is 1.56. The number of aromatic nitrogens is 3. The number of urea groups is 1. The first-order chi connectivity index (χ1) is 8.58. The van der Waals surface area contributed by atoms with E-state index in [1.807, 2.05) is 0 Å². The molecular formula is C9H12N6O3. The second-order valence-corrected chi connectivity index (χ2v) is 3.82. The number of nitrogens with zero attached hydrogens (tertiary/aromatic N) is 4. The SMILES string of the molecule is CN(Cc1ncn[nH]1)C(=O)CN1C(=O)CNC1=O. The van der Waals surface area contributed by atoms with E-state index in [1.165, 1.54) is 11.2 Å². The standard InChI is InChI=1S/C9H12N6O3/c1-14(3-6-11-5-12-13-6)8(17)4-15-7(16)2-10-9(15)18/h5H,2-4H2,1H3,(H,10,18)(H,11,12,13). The fraction of sp³-hybridized carbons (Fsp3) is 0.444. The van der Waals surface area contributed by atoms with Gasteiger partial charge in [0.15, 0.2) is 0 Å². The van der Waals surface area contributed by atoms with E-state index in [0.717, 1.165) is 4.90 Å². The molecule has 1 aromatic heterocycles.